The van der Waals surface area contributed by atoms with Gasteiger partial charge in [-0.1, -0.05) is 19.9 Å². The second kappa shape index (κ2) is 7.43. The Morgan fingerprint density at radius 2 is 1.82 bits per heavy atom. The molecule has 2 rings (SSSR count). The molecule has 1 N–H and O–H groups in total. The molecule has 1 amide bonds. The third kappa shape index (κ3) is 4.33. The molecule has 0 aliphatic heterocycles. The van der Waals surface area contributed by atoms with Gasteiger partial charge in [-0.25, -0.2) is 4.79 Å². The predicted octanol–water partition coefficient (Wildman–Crippen LogP) is 2.88. The van der Waals surface area contributed by atoms with Crippen LogP contribution in [0.5, 0.6) is 0 Å². The number of fused-ring (bicyclic) bond motifs is 1. The van der Waals surface area contributed by atoms with Crippen molar-refractivity contribution in [1.29, 1.82) is 0 Å². The Balaban J connectivity index is 1.95. The second-order valence-electron chi connectivity index (χ2n) is 6.38. The zero-order valence-electron chi connectivity index (χ0n) is 13.6. The minimum absolute atomic E-state index is 0.250. The number of ether oxygens (including phenoxy) is 1. The Kier molecular flexibility index (Phi) is 5.58. The highest BCUT2D eigenvalue weighted by molar-refractivity contribution is 5.92. The number of carbonyl (C=O) groups is 2. The van der Waals surface area contributed by atoms with E-state index in [4.69, 9.17) is 4.74 Å². The second-order valence-corrected chi connectivity index (χ2v) is 6.38. The number of benzene rings is 1. The monoisotopic (exact) mass is 303 g/mol. The highest BCUT2D eigenvalue weighted by atomic mass is 16.5. The molecule has 0 bridgehead atoms. The van der Waals surface area contributed by atoms with Crippen LogP contribution >= 0.6 is 0 Å². The van der Waals surface area contributed by atoms with E-state index in [1.165, 1.54) is 24.0 Å². The van der Waals surface area contributed by atoms with Crippen molar-refractivity contribution in [3.8, 4) is 0 Å². The van der Waals surface area contributed by atoms with Gasteiger partial charge in [0.2, 0.25) is 0 Å². The van der Waals surface area contributed by atoms with E-state index in [-0.39, 0.29) is 5.91 Å². The van der Waals surface area contributed by atoms with Gasteiger partial charge in [0, 0.05) is 6.54 Å². The molecule has 0 fully saturated rings. The lowest BCUT2D eigenvalue weighted by molar-refractivity contribution is -0.129. The van der Waals surface area contributed by atoms with E-state index in [0.29, 0.717) is 18.0 Å². The van der Waals surface area contributed by atoms with Gasteiger partial charge in [-0.3, -0.25) is 4.79 Å². The summed E-state index contributed by atoms with van der Waals surface area (Å²) in [5.41, 5.74) is 3.09. The Labute approximate surface area is 132 Å². The summed E-state index contributed by atoms with van der Waals surface area (Å²) in [6.45, 7) is 6.22. The summed E-state index contributed by atoms with van der Waals surface area (Å²) in [4.78, 5) is 24.0. The van der Waals surface area contributed by atoms with Crippen LogP contribution in [-0.2, 0) is 22.4 Å². The Hall–Kier alpha value is -1.84. The molecule has 0 radical (unpaired) electrons. The van der Waals surface area contributed by atoms with Gasteiger partial charge in [-0.05, 0) is 61.8 Å². The lowest BCUT2D eigenvalue weighted by Crippen LogP contribution is -2.37. The minimum Gasteiger partial charge on any atom is -0.449 e. The fraction of sp³-hybridized carbons (Fsp3) is 0.556. The molecule has 0 saturated carbocycles. The predicted molar refractivity (Wildman–Crippen MR) is 85.8 cm³/mol. The molecule has 22 heavy (non-hydrogen) atoms. The first-order valence-electron chi connectivity index (χ1n) is 8.08. The summed E-state index contributed by atoms with van der Waals surface area (Å²) < 4.78 is 5.27. The largest absolute Gasteiger partial charge is 0.449 e. The minimum atomic E-state index is -0.776. The van der Waals surface area contributed by atoms with Gasteiger partial charge in [0.25, 0.3) is 5.91 Å². The Morgan fingerprint density at radius 1 is 1.14 bits per heavy atom. The molecule has 0 aromatic heterocycles. The average molecular weight is 303 g/mol. The first-order chi connectivity index (χ1) is 10.5. The molecule has 1 aliphatic carbocycles. The zero-order valence-corrected chi connectivity index (χ0v) is 13.6. The van der Waals surface area contributed by atoms with Crippen LogP contribution in [-0.4, -0.2) is 24.5 Å². The molecule has 1 aromatic rings. The third-order valence-corrected chi connectivity index (χ3v) is 3.92. The summed E-state index contributed by atoms with van der Waals surface area (Å²) >= 11 is 0. The number of nitrogens with one attached hydrogen (secondary N) is 1. The summed E-state index contributed by atoms with van der Waals surface area (Å²) in [5, 5.41) is 2.77. The van der Waals surface area contributed by atoms with E-state index in [0.717, 1.165) is 12.8 Å². The number of aryl methyl sites for hydroxylation is 2. The first kappa shape index (κ1) is 16.5. The standard InChI is InChI=1S/C18H25NO3/c1-12(2)11-19-17(20)13(3)22-18(21)16-9-8-14-6-4-5-7-15(14)10-16/h8-10,12-13H,4-7,11H2,1-3H3,(H,19,20)/t13-/m1/s1. The normalized spacial score (nSPS) is 15.1. The van der Waals surface area contributed by atoms with Crippen molar-refractivity contribution in [2.75, 3.05) is 6.54 Å². The number of carbonyl (C=O) groups excluding carboxylic acids is 2. The number of hydrogen-bond acceptors (Lipinski definition) is 3. The zero-order chi connectivity index (χ0) is 16.1. The van der Waals surface area contributed by atoms with E-state index in [2.05, 4.69) is 5.32 Å². The number of esters is 1. The molecule has 1 aliphatic rings. The fourth-order valence-corrected chi connectivity index (χ4v) is 2.59. The van der Waals surface area contributed by atoms with Crippen LogP contribution in [0.15, 0.2) is 18.2 Å². The third-order valence-electron chi connectivity index (χ3n) is 3.92. The highest BCUT2D eigenvalue weighted by Gasteiger charge is 2.20. The van der Waals surface area contributed by atoms with Crippen molar-refractivity contribution in [2.24, 2.45) is 5.92 Å². The van der Waals surface area contributed by atoms with Crippen LogP contribution in [0.25, 0.3) is 0 Å². The maximum Gasteiger partial charge on any atom is 0.338 e. The van der Waals surface area contributed by atoms with E-state index in [1.54, 1.807) is 13.0 Å². The van der Waals surface area contributed by atoms with Gasteiger partial charge in [0.15, 0.2) is 6.10 Å². The van der Waals surface area contributed by atoms with Crippen LogP contribution in [0.4, 0.5) is 0 Å². The summed E-state index contributed by atoms with van der Waals surface area (Å²) in [5.74, 6) is -0.312. The molecular formula is C18H25NO3. The van der Waals surface area contributed by atoms with Crippen LogP contribution < -0.4 is 5.32 Å². The van der Waals surface area contributed by atoms with Gasteiger partial charge in [-0.2, -0.15) is 0 Å². The lowest BCUT2D eigenvalue weighted by Gasteiger charge is -2.17. The molecule has 4 nitrogen and oxygen atoms in total. The maximum atomic E-state index is 12.2. The molecule has 1 atom stereocenters. The molecule has 4 heteroatoms. The average Bonchev–Trinajstić information content (AvgIpc) is 2.51. The summed E-state index contributed by atoms with van der Waals surface area (Å²) in [7, 11) is 0. The Bertz CT molecular complexity index is 551. The van der Waals surface area contributed by atoms with E-state index in [9.17, 15) is 9.59 Å². The van der Waals surface area contributed by atoms with Crippen LogP contribution in [0.1, 0.15) is 55.1 Å². The van der Waals surface area contributed by atoms with Crippen molar-refractivity contribution in [1.82, 2.24) is 5.32 Å². The molecule has 0 spiro atoms. The van der Waals surface area contributed by atoms with Crippen LogP contribution in [0.3, 0.4) is 0 Å². The van der Waals surface area contributed by atoms with Gasteiger partial charge < -0.3 is 10.1 Å². The fourth-order valence-electron chi connectivity index (χ4n) is 2.59. The molecule has 120 valence electrons. The Morgan fingerprint density at radius 3 is 2.50 bits per heavy atom. The van der Waals surface area contributed by atoms with Crippen molar-refractivity contribution < 1.29 is 14.3 Å². The molecule has 0 heterocycles. The summed E-state index contributed by atoms with van der Waals surface area (Å²) in [6.07, 6.45) is 3.70. The first-order valence-corrected chi connectivity index (χ1v) is 8.08. The topological polar surface area (TPSA) is 55.4 Å². The number of rotatable bonds is 5. The van der Waals surface area contributed by atoms with Crippen molar-refractivity contribution in [3.05, 3.63) is 34.9 Å². The van der Waals surface area contributed by atoms with Crippen molar-refractivity contribution in [2.45, 2.75) is 52.6 Å². The van der Waals surface area contributed by atoms with Crippen LogP contribution in [0, 0.1) is 5.92 Å². The van der Waals surface area contributed by atoms with Crippen molar-refractivity contribution in [3.63, 3.8) is 0 Å². The lowest BCUT2D eigenvalue weighted by atomic mass is 9.90. The number of amides is 1. The smallest absolute Gasteiger partial charge is 0.338 e. The van der Waals surface area contributed by atoms with Gasteiger partial charge >= 0.3 is 5.97 Å². The van der Waals surface area contributed by atoms with E-state index < -0.39 is 12.1 Å². The maximum absolute atomic E-state index is 12.2. The molecule has 0 saturated heterocycles. The van der Waals surface area contributed by atoms with Gasteiger partial charge in [-0.15, -0.1) is 0 Å². The van der Waals surface area contributed by atoms with Gasteiger partial charge in [0.1, 0.15) is 0 Å². The van der Waals surface area contributed by atoms with Crippen LogP contribution in [0.2, 0.25) is 0 Å². The highest BCUT2D eigenvalue weighted by Crippen LogP contribution is 2.22. The van der Waals surface area contributed by atoms with E-state index in [1.807, 2.05) is 26.0 Å². The summed E-state index contributed by atoms with van der Waals surface area (Å²) in [6, 6.07) is 5.72. The van der Waals surface area contributed by atoms with Crippen molar-refractivity contribution >= 4 is 11.9 Å². The molecular weight excluding hydrogens is 278 g/mol. The molecule has 1 aromatic carbocycles. The van der Waals surface area contributed by atoms with Gasteiger partial charge in [0.05, 0.1) is 5.56 Å². The quantitative estimate of drug-likeness (QED) is 0.851. The van der Waals surface area contributed by atoms with E-state index >= 15 is 0 Å². The number of hydrogen-bond donors (Lipinski definition) is 1. The SMILES string of the molecule is CC(C)CNC(=O)[C@@H](C)OC(=O)c1ccc2c(c1)CCCC2. The molecule has 0 unspecified atom stereocenters.